The van der Waals surface area contributed by atoms with Gasteiger partial charge in [0.05, 0.1) is 0 Å². The van der Waals surface area contributed by atoms with Crippen molar-refractivity contribution in [1.29, 1.82) is 0 Å². The number of hydrogen-bond acceptors (Lipinski definition) is 3. The van der Waals surface area contributed by atoms with E-state index in [2.05, 4.69) is 22.5 Å². The van der Waals surface area contributed by atoms with E-state index in [0.29, 0.717) is 18.2 Å². The fourth-order valence-electron chi connectivity index (χ4n) is 3.15. The van der Waals surface area contributed by atoms with Gasteiger partial charge in [-0.2, -0.15) is 0 Å². The highest BCUT2D eigenvalue weighted by molar-refractivity contribution is 5.96. The number of hydrogen-bond donors (Lipinski definition) is 2. The second-order valence-electron chi connectivity index (χ2n) is 6.48. The van der Waals surface area contributed by atoms with Crippen LogP contribution in [0.25, 0.3) is 0 Å². The zero-order valence-corrected chi connectivity index (χ0v) is 13.7. The molecule has 0 spiro atoms. The van der Waals surface area contributed by atoms with Crippen molar-refractivity contribution in [3.63, 3.8) is 0 Å². The lowest BCUT2D eigenvalue weighted by molar-refractivity contribution is -0.117. The number of benzene rings is 1. The van der Waals surface area contributed by atoms with Gasteiger partial charge in [0.2, 0.25) is 5.91 Å². The third-order valence-electron chi connectivity index (χ3n) is 4.77. The van der Waals surface area contributed by atoms with Gasteiger partial charge >= 0.3 is 0 Å². The van der Waals surface area contributed by atoms with Crippen LogP contribution < -0.4 is 10.6 Å². The Morgan fingerprint density at radius 2 is 1.91 bits per heavy atom. The van der Waals surface area contributed by atoms with Crippen molar-refractivity contribution in [2.45, 2.75) is 38.6 Å². The molecule has 2 fully saturated rings. The minimum Gasteiger partial charge on any atom is -0.350 e. The second kappa shape index (κ2) is 7.13. The lowest BCUT2D eigenvalue weighted by atomic mass is 10.1. The molecule has 5 nitrogen and oxygen atoms in total. The summed E-state index contributed by atoms with van der Waals surface area (Å²) in [6.07, 6.45) is 4.34. The van der Waals surface area contributed by atoms with Gasteiger partial charge in [-0.05, 0) is 63.0 Å². The van der Waals surface area contributed by atoms with Crippen LogP contribution in [0.3, 0.4) is 0 Å². The van der Waals surface area contributed by atoms with Crippen molar-refractivity contribution >= 4 is 17.5 Å². The molecule has 0 bridgehead atoms. The van der Waals surface area contributed by atoms with Gasteiger partial charge in [-0.1, -0.05) is 6.92 Å². The van der Waals surface area contributed by atoms with Crippen LogP contribution in [-0.2, 0) is 4.79 Å². The summed E-state index contributed by atoms with van der Waals surface area (Å²) < 4.78 is 0. The molecule has 2 amide bonds. The molecule has 1 heterocycles. The average molecular weight is 315 g/mol. The van der Waals surface area contributed by atoms with Crippen LogP contribution >= 0.6 is 0 Å². The molecule has 1 aromatic carbocycles. The van der Waals surface area contributed by atoms with Crippen molar-refractivity contribution in [2.24, 2.45) is 5.92 Å². The van der Waals surface area contributed by atoms with E-state index in [-0.39, 0.29) is 17.7 Å². The lowest BCUT2D eigenvalue weighted by Gasteiger charge is -2.22. The molecule has 1 saturated heterocycles. The van der Waals surface area contributed by atoms with Gasteiger partial charge in [-0.15, -0.1) is 0 Å². The molecule has 1 aromatic rings. The zero-order valence-electron chi connectivity index (χ0n) is 13.7. The fraction of sp³-hybridized carbons (Fsp3) is 0.556. The molecular formula is C18H25N3O2. The molecule has 3 rings (SSSR count). The summed E-state index contributed by atoms with van der Waals surface area (Å²) in [5.74, 6) is 0.224. The van der Waals surface area contributed by atoms with E-state index in [0.717, 1.165) is 38.0 Å². The number of likely N-dealkylation sites (N-methyl/N-ethyl adjacent to an activating group) is 1. The minimum atomic E-state index is -0.0481. The predicted octanol–water partition coefficient (Wildman–Crippen LogP) is 2.25. The van der Waals surface area contributed by atoms with Crippen molar-refractivity contribution in [3.05, 3.63) is 29.8 Å². The first-order valence-electron chi connectivity index (χ1n) is 8.60. The summed E-state index contributed by atoms with van der Waals surface area (Å²) in [7, 11) is 0. The van der Waals surface area contributed by atoms with Crippen molar-refractivity contribution in [2.75, 3.05) is 25.0 Å². The Bertz CT molecular complexity index is 566. The van der Waals surface area contributed by atoms with Crippen LogP contribution in [0.5, 0.6) is 0 Å². The van der Waals surface area contributed by atoms with Crippen molar-refractivity contribution in [1.82, 2.24) is 10.2 Å². The zero-order chi connectivity index (χ0) is 16.2. The molecule has 1 aliphatic heterocycles. The maximum Gasteiger partial charge on any atom is 0.251 e. The summed E-state index contributed by atoms with van der Waals surface area (Å²) in [4.78, 5) is 26.4. The Labute approximate surface area is 137 Å². The molecule has 2 aliphatic rings. The summed E-state index contributed by atoms with van der Waals surface area (Å²) in [6, 6.07) is 7.58. The van der Waals surface area contributed by atoms with Gasteiger partial charge in [0.1, 0.15) is 0 Å². The number of anilines is 1. The molecule has 1 saturated carbocycles. The maximum atomic E-state index is 12.2. The maximum absolute atomic E-state index is 12.2. The van der Waals surface area contributed by atoms with Gasteiger partial charge in [0, 0.05) is 29.8 Å². The Balaban J connectivity index is 1.50. The Morgan fingerprint density at radius 3 is 2.57 bits per heavy atom. The summed E-state index contributed by atoms with van der Waals surface area (Å²) in [5.41, 5.74) is 1.39. The summed E-state index contributed by atoms with van der Waals surface area (Å²) in [6.45, 7) is 5.03. The first-order valence-corrected chi connectivity index (χ1v) is 8.60. The summed E-state index contributed by atoms with van der Waals surface area (Å²) in [5, 5.41) is 5.91. The third kappa shape index (κ3) is 4.10. The first kappa shape index (κ1) is 16.0. The molecule has 1 unspecified atom stereocenters. The van der Waals surface area contributed by atoms with Gasteiger partial charge in [0.25, 0.3) is 5.91 Å². The molecule has 23 heavy (non-hydrogen) atoms. The van der Waals surface area contributed by atoms with Gasteiger partial charge < -0.3 is 10.6 Å². The number of carbonyl (C=O) groups is 2. The topological polar surface area (TPSA) is 61.4 Å². The van der Waals surface area contributed by atoms with E-state index in [1.54, 1.807) is 24.3 Å². The molecular weight excluding hydrogens is 290 g/mol. The molecule has 1 aliphatic carbocycles. The molecule has 0 aromatic heterocycles. The van der Waals surface area contributed by atoms with Crippen LogP contribution in [0.2, 0.25) is 0 Å². The van der Waals surface area contributed by atoms with E-state index in [4.69, 9.17) is 0 Å². The van der Waals surface area contributed by atoms with E-state index >= 15 is 0 Å². The highest BCUT2D eigenvalue weighted by Crippen LogP contribution is 2.30. The van der Waals surface area contributed by atoms with E-state index < -0.39 is 0 Å². The number of rotatable bonds is 6. The van der Waals surface area contributed by atoms with Gasteiger partial charge in [-0.3, -0.25) is 14.5 Å². The van der Waals surface area contributed by atoms with Crippen LogP contribution in [-0.4, -0.2) is 42.4 Å². The molecule has 5 heteroatoms. The lowest BCUT2D eigenvalue weighted by Crippen LogP contribution is -2.40. The van der Waals surface area contributed by atoms with Crippen LogP contribution in [0.15, 0.2) is 24.3 Å². The molecule has 0 radical (unpaired) electrons. The monoisotopic (exact) mass is 315 g/mol. The van der Waals surface area contributed by atoms with Crippen LogP contribution in [0.1, 0.15) is 43.0 Å². The van der Waals surface area contributed by atoms with Crippen molar-refractivity contribution in [3.8, 4) is 0 Å². The Morgan fingerprint density at radius 1 is 1.17 bits per heavy atom. The van der Waals surface area contributed by atoms with Gasteiger partial charge in [-0.25, -0.2) is 0 Å². The molecule has 2 N–H and O–H groups in total. The highest BCUT2D eigenvalue weighted by Gasteiger charge is 2.29. The van der Waals surface area contributed by atoms with E-state index in [1.807, 2.05) is 0 Å². The normalized spacial score (nSPS) is 21.2. The smallest absolute Gasteiger partial charge is 0.251 e. The summed E-state index contributed by atoms with van der Waals surface area (Å²) >= 11 is 0. The minimum absolute atomic E-state index is 0.0481. The fourth-order valence-corrected chi connectivity index (χ4v) is 3.15. The molecule has 124 valence electrons. The first-order chi connectivity index (χ1) is 11.2. The predicted molar refractivity (Wildman–Crippen MR) is 90.4 cm³/mol. The van der Waals surface area contributed by atoms with Crippen LogP contribution in [0, 0.1) is 5.92 Å². The quantitative estimate of drug-likeness (QED) is 0.846. The van der Waals surface area contributed by atoms with Crippen LogP contribution in [0.4, 0.5) is 5.69 Å². The Hall–Kier alpha value is -1.88. The van der Waals surface area contributed by atoms with Gasteiger partial charge in [0.15, 0.2) is 0 Å². The van der Waals surface area contributed by atoms with E-state index in [1.165, 1.54) is 6.42 Å². The average Bonchev–Trinajstić information content (AvgIpc) is 3.32. The van der Waals surface area contributed by atoms with Crippen molar-refractivity contribution < 1.29 is 9.59 Å². The highest BCUT2D eigenvalue weighted by atomic mass is 16.2. The SMILES string of the molecule is CCN1CCCC1CNC(=O)c1ccc(NC(=O)C2CC2)cc1. The number of nitrogens with one attached hydrogen (secondary N) is 2. The second-order valence-corrected chi connectivity index (χ2v) is 6.48. The van der Waals surface area contributed by atoms with E-state index in [9.17, 15) is 9.59 Å². The number of carbonyl (C=O) groups excluding carboxylic acids is 2. The number of likely N-dealkylation sites (tertiary alicyclic amines) is 1. The molecule has 1 atom stereocenters. The standard InChI is InChI=1S/C18H25N3O2/c1-2-21-11-3-4-16(21)12-19-17(22)13-7-9-15(10-8-13)20-18(23)14-5-6-14/h7-10,14,16H,2-6,11-12H2,1H3,(H,19,22)(H,20,23). The Kier molecular flexibility index (Phi) is 4.96. The number of amides is 2. The third-order valence-corrected chi connectivity index (χ3v) is 4.77. The number of nitrogens with zero attached hydrogens (tertiary/aromatic N) is 1. The largest absolute Gasteiger partial charge is 0.350 e.